The zero-order valence-corrected chi connectivity index (χ0v) is 12.4. The largest absolute Gasteiger partial charge is 0.288 e. The minimum atomic E-state index is 0.0614. The van der Waals surface area contributed by atoms with Crippen molar-refractivity contribution in [2.75, 3.05) is 0 Å². The summed E-state index contributed by atoms with van der Waals surface area (Å²) in [5, 5.41) is 1.90. The predicted molar refractivity (Wildman–Crippen MR) is 74.3 cm³/mol. The van der Waals surface area contributed by atoms with Gasteiger partial charge >= 0.3 is 0 Å². The van der Waals surface area contributed by atoms with E-state index in [0.717, 1.165) is 24.9 Å². The van der Waals surface area contributed by atoms with Gasteiger partial charge in [-0.05, 0) is 58.1 Å². The maximum atomic E-state index is 12.2. The number of thiophene rings is 1. The van der Waals surface area contributed by atoms with E-state index in [1.165, 1.54) is 11.3 Å². The normalized spacial score (nSPS) is 10.4. The summed E-state index contributed by atoms with van der Waals surface area (Å²) in [5.41, 5.74) is 1.79. The van der Waals surface area contributed by atoms with Crippen molar-refractivity contribution in [2.45, 2.75) is 6.92 Å². The fraction of sp³-hybridized carbons (Fsp3) is 0.0833. The maximum Gasteiger partial charge on any atom is 0.204 e. The highest BCUT2D eigenvalue weighted by Crippen LogP contribution is 2.26. The van der Waals surface area contributed by atoms with Crippen LogP contribution in [0.5, 0.6) is 0 Å². The van der Waals surface area contributed by atoms with Crippen molar-refractivity contribution in [2.24, 2.45) is 0 Å². The van der Waals surface area contributed by atoms with Gasteiger partial charge in [0.25, 0.3) is 0 Å². The molecule has 0 saturated heterocycles. The van der Waals surface area contributed by atoms with Crippen molar-refractivity contribution in [3.05, 3.63) is 54.6 Å². The van der Waals surface area contributed by atoms with Gasteiger partial charge in [-0.1, -0.05) is 15.9 Å². The number of carbonyl (C=O) groups is 1. The molecule has 1 aromatic carbocycles. The number of halogens is 2. The summed E-state index contributed by atoms with van der Waals surface area (Å²) in [6.45, 7) is 1.98. The molecule has 0 aliphatic heterocycles. The van der Waals surface area contributed by atoms with Crippen molar-refractivity contribution < 1.29 is 4.79 Å². The maximum absolute atomic E-state index is 12.2. The van der Waals surface area contributed by atoms with Gasteiger partial charge in [-0.25, -0.2) is 0 Å². The van der Waals surface area contributed by atoms with E-state index in [1.54, 1.807) is 0 Å². The van der Waals surface area contributed by atoms with Gasteiger partial charge in [0, 0.05) is 14.5 Å². The zero-order valence-electron chi connectivity index (χ0n) is 8.46. The minimum absolute atomic E-state index is 0.0614. The van der Waals surface area contributed by atoms with Crippen LogP contribution in [0, 0.1) is 6.92 Å². The smallest absolute Gasteiger partial charge is 0.204 e. The topological polar surface area (TPSA) is 17.1 Å². The van der Waals surface area contributed by atoms with Crippen LogP contribution in [0.15, 0.2) is 38.6 Å². The zero-order chi connectivity index (χ0) is 11.7. The molecular weight excluding hydrogens is 352 g/mol. The molecule has 0 spiro atoms. The lowest BCUT2D eigenvalue weighted by atomic mass is 10.1. The number of benzene rings is 1. The van der Waals surface area contributed by atoms with E-state index in [1.807, 2.05) is 36.6 Å². The Hall–Kier alpha value is -0.450. The average Bonchev–Trinajstić information content (AvgIpc) is 2.62. The van der Waals surface area contributed by atoms with Gasteiger partial charge in [0.15, 0.2) is 0 Å². The van der Waals surface area contributed by atoms with Crippen molar-refractivity contribution >= 4 is 49.0 Å². The first-order valence-electron chi connectivity index (χ1n) is 4.63. The van der Waals surface area contributed by atoms with Crippen LogP contribution >= 0.6 is 43.2 Å². The van der Waals surface area contributed by atoms with Gasteiger partial charge in [0.05, 0.1) is 4.88 Å². The fourth-order valence-corrected chi connectivity index (χ4v) is 3.58. The third-order valence-electron chi connectivity index (χ3n) is 2.13. The summed E-state index contributed by atoms with van der Waals surface area (Å²) >= 11 is 8.23. The Kier molecular flexibility index (Phi) is 3.62. The number of carbonyl (C=O) groups excluding carboxylic acids is 1. The molecule has 0 fully saturated rings. The molecule has 4 heteroatoms. The molecule has 1 aromatic heterocycles. The first-order valence-corrected chi connectivity index (χ1v) is 7.09. The van der Waals surface area contributed by atoms with Crippen LogP contribution in [0.25, 0.3) is 0 Å². The second-order valence-electron chi connectivity index (χ2n) is 3.44. The average molecular weight is 360 g/mol. The molecule has 2 aromatic rings. The van der Waals surface area contributed by atoms with Gasteiger partial charge in [-0.3, -0.25) is 4.79 Å². The van der Waals surface area contributed by atoms with Crippen molar-refractivity contribution in [1.29, 1.82) is 0 Å². The summed E-state index contributed by atoms with van der Waals surface area (Å²) in [7, 11) is 0. The molecule has 0 N–H and O–H groups in total. The third-order valence-corrected chi connectivity index (χ3v) is 4.42. The van der Waals surface area contributed by atoms with Gasteiger partial charge in [0.1, 0.15) is 0 Å². The summed E-state index contributed by atoms with van der Waals surface area (Å²) in [6.07, 6.45) is 0. The van der Waals surface area contributed by atoms with E-state index >= 15 is 0 Å². The second-order valence-corrected chi connectivity index (χ2v) is 6.13. The van der Waals surface area contributed by atoms with Gasteiger partial charge < -0.3 is 0 Å². The van der Waals surface area contributed by atoms with Gasteiger partial charge in [0.2, 0.25) is 5.78 Å². The van der Waals surface area contributed by atoms with E-state index in [2.05, 4.69) is 31.9 Å². The molecule has 0 unspecified atom stereocenters. The van der Waals surface area contributed by atoms with Crippen LogP contribution in [-0.4, -0.2) is 5.78 Å². The van der Waals surface area contributed by atoms with Crippen LogP contribution in [0.2, 0.25) is 0 Å². The monoisotopic (exact) mass is 358 g/mol. The molecule has 0 aliphatic carbocycles. The van der Waals surface area contributed by atoms with E-state index in [9.17, 15) is 4.79 Å². The van der Waals surface area contributed by atoms with Gasteiger partial charge in [-0.15, -0.1) is 11.3 Å². The second kappa shape index (κ2) is 4.82. The van der Waals surface area contributed by atoms with Crippen molar-refractivity contribution in [1.82, 2.24) is 0 Å². The van der Waals surface area contributed by atoms with Crippen LogP contribution in [0.3, 0.4) is 0 Å². The minimum Gasteiger partial charge on any atom is -0.288 e. The van der Waals surface area contributed by atoms with Crippen LogP contribution in [0.4, 0.5) is 0 Å². The Morgan fingerprint density at radius 1 is 1.25 bits per heavy atom. The van der Waals surface area contributed by atoms with Crippen LogP contribution in [0.1, 0.15) is 20.8 Å². The van der Waals surface area contributed by atoms with Crippen LogP contribution < -0.4 is 0 Å². The summed E-state index contributed by atoms with van der Waals surface area (Å²) in [6, 6.07) is 7.63. The quantitative estimate of drug-likeness (QED) is 0.703. The SMILES string of the molecule is Cc1cc(Br)cc(C(=O)c2sccc2Br)c1. The molecule has 0 amide bonds. The van der Waals surface area contributed by atoms with Crippen molar-refractivity contribution in [3.8, 4) is 0 Å². The third kappa shape index (κ3) is 2.44. The number of aryl methyl sites for hydroxylation is 1. The predicted octanol–water partition coefficient (Wildman–Crippen LogP) is 4.81. The Labute approximate surface area is 115 Å². The molecule has 16 heavy (non-hydrogen) atoms. The van der Waals surface area contributed by atoms with Gasteiger partial charge in [-0.2, -0.15) is 0 Å². The molecule has 0 bridgehead atoms. The first-order chi connectivity index (χ1) is 7.58. The van der Waals surface area contributed by atoms with E-state index in [-0.39, 0.29) is 5.78 Å². The molecule has 1 heterocycles. The van der Waals surface area contributed by atoms with E-state index in [0.29, 0.717) is 0 Å². The summed E-state index contributed by atoms with van der Waals surface area (Å²) in [5.74, 6) is 0.0614. The highest BCUT2D eigenvalue weighted by Gasteiger charge is 2.14. The first kappa shape index (κ1) is 12.0. The molecular formula is C12H8Br2OS. The molecule has 82 valence electrons. The Balaban J connectivity index is 2.45. The lowest BCUT2D eigenvalue weighted by Crippen LogP contribution is -1.99. The Bertz CT molecular complexity index is 525. The molecule has 0 aliphatic rings. The highest BCUT2D eigenvalue weighted by atomic mass is 79.9. The van der Waals surface area contributed by atoms with Crippen LogP contribution in [-0.2, 0) is 0 Å². The number of hydrogen-bond acceptors (Lipinski definition) is 2. The Morgan fingerprint density at radius 2 is 2.00 bits per heavy atom. The number of rotatable bonds is 2. The Morgan fingerprint density at radius 3 is 2.56 bits per heavy atom. The van der Waals surface area contributed by atoms with E-state index in [4.69, 9.17) is 0 Å². The molecule has 0 radical (unpaired) electrons. The lowest BCUT2D eigenvalue weighted by Gasteiger charge is -2.02. The molecule has 2 rings (SSSR count). The molecule has 0 saturated carbocycles. The van der Waals surface area contributed by atoms with E-state index < -0.39 is 0 Å². The number of hydrogen-bond donors (Lipinski definition) is 0. The highest BCUT2D eigenvalue weighted by molar-refractivity contribution is 9.10. The summed E-state index contributed by atoms with van der Waals surface area (Å²) in [4.78, 5) is 12.9. The lowest BCUT2D eigenvalue weighted by molar-refractivity contribution is 0.104. The standard InChI is InChI=1S/C12H8Br2OS/c1-7-4-8(6-9(13)5-7)11(15)12-10(14)2-3-16-12/h2-6H,1H3. The molecule has 0 atom stereocenters. The molecule has 1 nitrogen and oxygen atoms in total. The number of ketones is 1. The summed E-state index contributed by atoms with van der Waals surface area (Å²) < 4.78 is 1.80. The van der Waals surface area contributed by atoms with Crippen molar-refractivity contribution in [3.63, 3.8) is 0 Å². The fourth-order valence-electron chi connectivity index (χ4n) is 1.45.